The summed E-state index contributed by atoms with van der Waals surface area (Å²) < 4.78 is 9.56. The Morgan fingerprint density at radius 1 is 1.24 bits per heavy atom. The summed E-state index contributed by atoms with van der Waals surface area (Å²) in [5, 5.41) is 11.1. The number of hydrogen-bond acceptors (Lipinski definition) is 6. The molecule has 0 aromatic heterocycles. The molecule has 0 radical (unpaired) electrons. The van der Waals surface area contributed by atoms with E-state index >= 15 is 0 Å². The van der Waals surface area contributed by atoms with Gasteiger partial charge in [0.25, 0.3) is 5.69 Å². The molecule has 0 amide bonds. The molecule has 0 saturated heterocycles. The molecule has 114 valence electrons. The number of nitrogens with zero attached hydrogens (tertiary/aromatic N) is 1. The summed E-state index contributed by atoms with van der Waals surface area (Å²) in [6, 6.07) is 4.07. The molecule has 7 nitrogen and oxygen atoms in total. The molecule has 1 rings (SSSR count). The third kappa shape index (κ3) is 5.78. The first-order valence-corrected chi connectivity index (χ1v) is 6.56. The summed E-state index contributed by atoms with van der Waals surface area (Å²) in [5.74, 6) is -1.13. The molecule has 0 unspecified atom stereocenters. The predicted octanol–water partition coefficient (Wildman–Crippen LogP) is 2.63. The molecular formula is C13H14ClNO6. The highest BCUT2D eigenvalue weighted by atomic mass is 35.5. The third-order valence-electron chi connectivity index (χ3n) is 2.47. The Balaban J connectivity index is 2.53. The van der Waals surface area contributed by atoms with Crippen molar-refractivity contribution in [1.29, 1.82) is 0 Å². The van der Waals surface area contributed by atoms with E-state index in [1.165, 1.54) is 18.2 Å². The van der Waals surface area contributed by atoms with Crippen molar-refractivity contribution in [2.75, 3.05) is 6.61 Å². The van der Waals surface area contributed by atoms with Gasteiger partial charge in [0.05, 0.1) is 29.9 Å². The van der Waals surface area contributed by atoms with Gasteiger partial charge >= 0.3 is 11.9 Å². The molecule has 0 saturated carbocycles. The highest BCUT2D eigenvalue weighted by Crippen LogP contribution is 2.23. The maximum absolute atomic E-state index is 11.4. The van der Waals surface area contributed by atoms with Gasteiger partial charge in [-0.3, -0.25) is 19.7 Å². The number of nitro groups is 1. The van der Waals surface area contributed by atoms with E-state index in [0.717, 1.165) is 0 Å². The van der Waals surface area contributed by atoms with E-state index in [1.54, 1.807) is 6.92 Å². The molecule has 8 heteroatoms. The zero-order valence-corrected chi connectivity index (χ0v) is 12.1. The first-order valence-electron chi connectivity index (χ1n) is 6.18. The van der Waals surface area contributed by atoms with Crippen LogP contribution in [0, 0.1) is 10.1 Å². The molecule has 0 atom stereocenters. The van der Waals surface area contributed by atoms with E-state index in [2.05, 4.69) is 4.74 Å². The Bertz CT molecular complexity index is 545. The first-order chi connectivity index (χ1) is 9.93. The largest absolute Gasteiger partial charge is 0.466 e. The van der Waals surface area contributed by atoms with E-state index in [9.17, 15) is 19.7 Å². The number of benzene rings is 1. The van der Waals surface area contributed by atoms with Crippen LogP contribution < -0.4 is 0 Å². The van der Waals surface area contributed by atoms with Crippen LogP contribution >= 0.6 is 11.6 Å². The van der Waals surface area contributed by atoms with Gasteiger partial charge in [0.2, 0.25) is 0 Å². The summed E-state index contributed by atoms with van der Waals surface area (Å²) in [5.41, 5.74) is 0.00887. The second-order valence-electron chi connectivity index (χ2n) is 4.00. The lowest BCUT2D eigenvalue weighted by atomic mass is 10.2. The summed E-state index contributed by atoms with van der Waals surface area (Å²) in [6.07, 6.45) is -0.227. The smallest absolute Gasteiger partial charge is 0.306 e. The van der Waals surface area contributed by atoms with E-state index in [0.29, 0.717) is 0 Å². The monoisotopic (exact) mass is 315 g/mol. The number of nitro benzene ring substituents is 1. The zero-order chi connectivity index (χ0) is 15.8. The van der Waals surface area contributed by atoms with Crippen molar-refractivity contribution in [3.8, 4) is 0 Å². The number of carbonyl (C=O) groups excluding carboxylic acids is 2. The molecule has 0 aliphatic heterocycles. The van der Waals surface area contributed by atoms with Gasteiger partial charge in [-0.2, -0.15) is 0 Å². The first kappa shape index (κ1) is 16.9. The van der Waals surface area contributed by atoms with Crippen molar-refractivity contribution < 1.29 is 24.0 Å². The Morgan fingerprint density at radius 3 is 2.43 bits per heavy atom. The number of hydrogen-bond donors (Lipinski definition) is 0. The Morgan fingerprint density at radius 2 is 1.86 bits per heavy atom. The van der Waals surface area contributed by atoms with Gasteiger partial charge in [-0.15, -0.1) is 0 Å². The van der Waals surface area contributed by atoms with Crippen LogP contribution in [0.4, 0.5) is 5.69 Å². The van der Waals surface area contributed by atoms with Crippen molar-refractivity contribution in [3.05, 3.63) is 38.9 Å². The fraction of sp³-hybridized carbons (Fsp3) is 0.385. The molecule has 0 N–H and O–H groups in total. The highest BCUT2D eigenvalue weighted by Gasteiger charge is 2.16. The standard InChI is InChI=1S/C13H14ClNO6/c1-2-20-12(16)5-6-13(17)21-8-9-3-4-10(14)7-11(9)15(18)19/h3-4,7H,2,5-6,8H2,1H3. The Hall–Kier alpha value is -2.15. The molecule has 1 aromatic rings. The van der Waals surface area contributed by atoms with Gasteiger partial charge in [-0.05, 0) is 19.1 Å². The van der Waals surface area contributed by atoms with Crippen molar-refractivity contribution >= 4 is 29.2 Å². The zero-order valence-electron chi connectivity index (χ0n) is 11.3. The van der Waals surface area contributed by atoms with E-state index in [4.69, 9.17) is 16.3 Å². The quantitative estimate of drug-likeness (QED) is 0.436. The van der Waals surface area contributed by atoms with Crippen LogP contribution in [0.15, 0.2) is 18.2 Å². The lowest BCUT2D eigenvalue weighted by Crippen LogP contribution is -2.10. The third-order valence-corrected chi connectivity index (χ3v) is 2.71. The van der Waals surface area contributed by atoms with Gasteiger partial charge < -0.3 is 9.47 Å². The fourth-order valence-electron chi connectivity index (χ4n) is 1.50. The second-order valence-corrected chi connectivity index (χ2v) is 4.43. The van der Waals surface area contributed by atoms with Crippen molar-refractivity contribution in [2.45, 2.75) is 26.4 Å². The van der Waals surface area contributed by atoms with Crippen LogP contribution in [0.5, 0.6) is 0 Å². The van der Waals surface area contributed by atoms with Crippen molar-refractivity contribution in [1.82, 2.24) is 0 Å². The van der Waals surface area contributed by atoms with E-state index in [-0.39, 0.29) is 42.3 Å². The number of ether oxygens (including phenoxy) is 2. The van der Waals surface area contributed by atoms with Crippen LogP contribution in [-0.4, -0.2) is 23.5 Å². The molecule has 0 spiro atoms. The average Bonchev–Trinajstić information content (AvgIpc) is 2.44. The lowest BCUT2D eigenvalue weighted by Gasteiger charge is -2.06. The molecule has 0 heterocycles. The minimum atomic E-state index is -0.632. The topological polar surface area (TPSA) is 95.7 Å². The highest BCUT2D eigenvalue weighted by molar-refractivity contribution is 6.30. The van der Waals surface area contributed by atoms with Crippen molar-refractivity contribution in [2.24, 2.45) is 0 Å². The Labute approximate surface area is 125 Å². The second kappa shape index (κ2) is 8.21. The number of carbonyl (C=O) groups is 2. The fourth-order valence-corrected chi connectivity index (χ4v) is 1.66. The summed E-state index contributed by atoms with van der Waals surface area (Å²) >= 11 is 5.67. The molecule has 21 heavy (non-hydrogen) atoms. The van der Waals surface area contributed by atoms with Crippen LogP contribution in [0.1, 0.15) is 25.3 Å². The molecule has 1 aromatic carbocycles. The molecular weight excluding hydrogens is 302 g/mol. The number of esters is 2. The summed E-state index contributed by atoms with van der Waals surface area (Å²) in [6.45, 7) is 1.65. The van der Waals surface area contributed by atoms with Gasteiger partial charge in [0.1, 0.15) is 6.61 Å². The summed E-state index contributed by atoms with van der Waals surface area (Å²) in [4.78, 5) is 32.8. The van der Waals surface area contributed by atoms with Gasteiger partial charge in [0.15, 0.2) is 0 Å². The van der Waals surface area contributed by atoms with Crippen LogP contribution in [-0.2, 0) is 25.7 Å². The molecule has 0 bridgehead atoms. The van der Waals surface area contributed by atoms with E-state index < -0.39 is 16.9 Å². The number of rotatable bonds is 7. The van der Waals surface area contributed by atoms with Gasteiger partial charge in [-0.1, -0.05) is 11.6 Å². The Kier molecular flexibility index (Phi) is 6.61. The summed E-state index contributed by atoms with van der Waals surface area (Å²) in [7, 11) is 0. The molecule has 0 aliphatic rings. The minimum absolute atomic E-state index is 0.0879. The van der Waals surface area contributed by atoms with E-state index in [1.807, 2.05) is 0 Å². The lowest BCUT2D eigenvalue weighted by molar-refractivity contribution is -0.385. The van der Waals surface area contributed by atoms with Crippen LogP contribution in [0.3, 0.4) is 0 Å². The van der Waals surface area contributed by atoms with Crippen LogP contribution in [0.2, 0.25) is 5.02 Å². The normalized spacial score (nSPS) is 10.0. The number of halogens is 1. The van der Waals surface area contributed by atoms with Crippen molar-refractivity contribution in [3.63, 3.8) is 0 Å². The van der Waals surface area contributed by atoms with Gasteiger partial charge in [0, 0.05) is 11.1 Å². The molecule has 0 fully saturated rings. The minimum Gasteiger partial charge on any atom is -0.466 e. The van der Waals surface area contributed by atoms with Gasteiger partial charge in [-0.25, -0.2) is 0 Å². The average molecular weight is 316 g/mol. The maximum Gasteiger partial charge on any atom is 0.306 e. The SMILES string of the molecule is CCOC(=O)CCC(=O)OCc1ccc(Cl)cc1[N+](=O)[O-]. The predicted molar refractivity (Wildman–Crippen MR) is 73.8 cm³/mol. The van der Waals surface area contributed by atoms with Crippen LogP contribution in [0.25, 0.3) is 0 Å². The molecule has 0 aliphatic carbocycles. The maximum atomic E-state index is 11.4.